The van der Waals surface area contributed by atoms with E-state index in [9.17, 15) is 0 Å². The lowest BCUT2D eigenvalue weighted by molar-refractivity contribution is 0.425. The summed E-state index contributed by atoms with van der Waals surface area (Å²) < 4.78 is 0. The molecule has 0 saturated carbocycles. The third kappa shape index (κ3) is 2.49. The molecule has 0 amide bonds. The number of hydrogen-bond donors (Lipinski definition) is 5. The molecule has 7 heteroatoms. The predicted molar refractivity (Wildman–Crippen MR) is 55.6 cm³/mol. The first-order chi connectivity index (χ1) is 6.54. The lowest BCUT2D eigenvalue weighted by Crippen LogP contribution is -2.38. The monoisotopic (exact) mass is 195 g/mol. The summed E-state index contributed by atoms with van der Waals surface area (Å²) in [5.74, 6) is 0. The first-order valence-electron chi connectivity index (χ1n) is 4.09. The lowest BCUT2D eigenvalue weighted by Gasteiger charge is -2.08. The van der Waals surface area contributed by atoms with Crippen LogP contribution in [0.5, 0.6) is 0 Å². The molecule has 0 aliphatic heterocycles. The second-order valence-electron chi connectivity index (χ2n) is 2.89. The van der Waals surface area contributed by atoms with E-state index in [0.29, 0.717) is 5.69 Å². The second-order valence-corrected chi connectivity index (χ2v) is 2.89. The molecule has 0 radical (unpaired) electrons. The van der Waals surface area contributed by atoms with Crippen molar-refractivity contribution in [3.8, 4) is 0 Å². The van der Waals surface area contributed by atoms with Gasteiger partial charge in [0, 0.05) is 12.7 Å². The highest BCUT2D eigenvalue weighted by Gasteiger charge is 2.17. The van der Waals surface area contributed by atoms with Gasteiger partial charge in [-0.25, -0.2) is 0 Å². The highest BCUT2D eigenvalue weighted by Crippen LogP contribution is 2.01. The summed E-state index contributed by atoms with van der Waals surface area (Å²) in [4.78, 5) is 0. The van der Waals surface area contributed by atoms with Gasteiger partial charge < -0.3 is 25.4 Å². The zero-order valence-corrected chi connectivity index (χ0v) is 7.68. The van der Waals surface area contributed by atoms with Gasteiger partial charge in [0.2, 0.25) is 0 Å². The minimum absolute atomic E-state index is 0.208. The molecule has 0 fully saturated rings. The highest BCUT2D eigenvalue weighted by atomic mass is 16.4. The summed E-state index contributed by atoms with van der Waals surface area (Å²) in [6.45, 7) is 0. The Balaban J connectivity index is 3.13. The molecular weight excluding hydrogens is 184 g/mol. The molecule has 0 heterocycles. The zero-order valence-electron chi connectivity index (χ0n) is 7.68. The van der Waals surface area contributed by atoms with Gasteiger partial charge in [-0.3, -0.25) is 0 Å². The van der Waals surface area contributed by atoms with Crippen LogP contribution in [-0.2, 0) is 0 Å². The topological polar surface area (TPSA) is 93.0 Å². The Bertz CT molecular complexity index is 292. The number of anilines is 1. The van der Waals surface area contributed by atoms with Gasteiger partial charge in [0.1, 0.15) is 0 Å². The van der Waals surface area contributed by atoms with Crippen LogP contribution in [0.15, 0.2) is 18.2 Å². The Morgan fingerprint density at radius 2 is 1.36 bits per heavy atom. The van der Waals surface area contributed by atoms with Crippen LogP contribution in [0, 0.1) is 0 Å². The molecule has 14 heavy (non-hydrogen) atoms. The fraction of sp³-hybridized carbons (Fsp3) is 0.143. The van der Waals surface area contributed by atoms with Crippen LogP contribution in [0.3, 0.4) is 0 Å². The second kappa shape index (κ2) is 4.47. The molecule has 0 bridgehead atoms. The maximum absolute atomic E-state index is 8.91. The fourth-order valence-corrected chi connectivity index (χ4v) is 1.12. The molecular formula is C7H11B2NO4. The number of hydrogen-bond acceptors (Lipinski definition) is 5. The normalized spacial score (nSPS) is 9.79. The third-order valence-electron chi connectivity index (χ3n) is 1.86. The van der Waals surface area contributed by atoms with E-state index in [-0.39, 0.29) is 10.9 Å². The molecule has 0 aromatic heterocycles. The van der Waals surface area contributed by atoms with Crippen molar-refractivity contribution < 1.29 is 20.1 Å². The van der Waals surface area contributed by atoms with E-state index in [1.54, 1.807) is 7.05 Å². The van der Waals surface area contributed by atoms with Gasteiger partial charge >= 0.3 is 14.2 Å². The van der Waals surface area contributed by atoms with Crippen LogP contribution in [-0.4, -0.2) is 41.4 Å². The quantitative estimate of drug-likeness (QED) is 0.333. The zero-order chi connectivity index (χ0) is 10.7. The number of rotatable bonds is 3. The molecule has 0 unspecified atom stereocenters. The molecule has 0 saturated heterocycles. The summed E-state index contributed by atoms with van der Waals surface area (Å²) in [7, 11) is -1.60. The standard InChI is InChI=1S/C7H11B2NO4/c1-10-7-3-5(8(11)12)2-6(4-7)9(13)14/h2-4,10-14H,1H3. The summed E-state index contributed by atoms with van der Waals surface area (Å²) in [6, 6.07) is 4.34. The average Bonchev–Trinajstić information content (AvgIpc) is 2.16. The van der Waals surface area contributed by atoms with Crippen molar-refractivity contribution in [2.75, 3.05) is 12.4 Å². The fourth-order valence-electron chi connectivity index (χ4n) is 1.12. The number of benzene rings is 1. The molecule has 74 valence electrons. The molecule has 0 aliphatic rings. The summed E-state index contributed by atoms with van der Waals surface area (Å²) in [5.41, 5.74) is 0.999. The first kappa shape index (κ1) is 11.1. The van der Waals surface area contributed by atoms with Gasteiger partial charge in [-0.2, -0.15) is 0 Å². The maximum atomic E-state index is 8.91. The van der Waals surface area contributed by atoms with Gasteiger partial charge in [0.25, 0.3) is 0 Å². The minimum Gasteiger partial charge on any atom is -0.423 e. The van der Waals surface area contributed by atoms with E-state index in [2.05, 4.69) is 5.32 Å². The van der Waals surface area contributed by atoms with Crippen LogP contribution in [0.4, 0.5) is 5.69 Å². The Morgan fingerprint density at radius 1 is 0.929 bits per heavy atom. The van der Waals surface area contributed by atoms with Crippen LogP contribution in [0.2, 0.25) is 0 Å². The van der Waals surface area contributed by atoms with Crippen molar-refractivity contribution in [1.82, 2.24) is 0 Å². The van der Waals surface area contributed by atoms with Crippen molar-refractivity contribution in [1.29, 1.82) is 0 Å². The average molecular weight is 195 g/mol. The molecule has 0 spiro atoms. The Hall–Kier alpha value is -1.01. The first-order valence-corrected chi connectivity index (χ1v) is 4.09. The van der Waals surface area contributed by atoms with Crippen molar-refractivity contribution in [2.24, 2.45) is 0 Å². The van der Waals surface area contributed by atoms with Gasteiger partial charge in [-0.15, -0.1) is 0 Å². The van der Waals surface area contributed by atoms with Crippen LogP contribution in [0.1, 0.15) is 0 Å². The molecule has 1 aromatic rings. The molecule has 5 nitrogen and oxygen atoms in total. The maximum Gasteiger partial charge on any atom is 0.488 e. The van der Waals surface area contributed by atoms with Gasteiger partial charge in [0.15, 0.2) is 0 Å². The third-order valence-corrected chi connectivity index (χ3v) is 1.86. The van der Waals surface area contributed by atoms with Crippen LogP contribution in [0.25, 0.3) is 0 Å². The highest BCUT2D eigenvalue weighted by molar-refractivity contribution is 6.62. The number of nitrogens with one attached hydrogen (secondary N) is 1. The summed E-state index contributed by atoms with van der Waals surface area (Å²) >= 11 is 0. The van der Waals surface area contributed by atoms with Crippen molar-refractivity contribution in [3.05, 3.63) is 18.2 Å². The van der Waals surface area contributed by atoms with E-state index in [1.807, 2.05) is 0 Å². The molecule has 1 aromatic carbocycles. The van der Waals surface area contributed by atoms with Gasteiger partial charge in [-0.05, 0) is 23.1 Å². The van der Waals surface area contributed by atoms with Crippen molar-refractivity contribution in [2.45, 2.75) is 0 Å². The minimum atomic E-state index is -1.62. The lowest BCUT2D eigenvalue weighted by atomic mass is 9.72. The van der Waals surface area contributed by atoms with Crippen LogP contribution >= 0.6 is 0 Å². The van der Waals surface area contributed by atoms with E-state index < -0.39 is 14.2 Å². The molecule has 0 atom stereocenters. The van der Waals surface area contributed by atoms with Gasteiger partial charge in [-0.1, -0.05) is 6.07 Å². The summed E-state index contributed by atoms with van der Waals surface area (Å²) in [5, 5.41) is 38.4. The van der Waals surface area contributed by atoms with E-state index in [4.69, 9.17) is 20.1 Å². The predicted octanol–water partition coefficient (Wildman–Crippen LogP) is -2.91. The molecule has 5 N–H and O–H groups in total. The molecule has 0 aliphatic carbocycles. The summed E-state index contributed by atoms with van der Waals surface area (Å²) in [6.07, 6.45) is 0. The molecule has 1 rings (SSSR count). The Morgan fingerprint density at radius 3 is 1.64 bits per heavy atom. The van der Waals surface area contributed by atoms with Crippen molar-refractivity contribution >= 4 is 30.8 Å². The largest absolute Gasteiger partial charge is 0.488 e. The van der Waals surface area contributed by atoms with E-state index >= 15 is 0 Å². The van der Waals surface area contributed by atoms with Gasteiger partial charge in [0.05, 0.1) is 0 Å². The van der Waals surface area contributed by atoms with E-state index in [1.165, 1.54) is 18.2 Å². The smallest absolute Gasteiger partial charge is 0.423 e. The van der Waals surface area contributed by atoms with E-state index in [0.717, 1.165) is 0 Å². The SMILES string of the molecule is CNc1cc(B(O)O)cc(B(O)O)c1. The Kier molecular flexibility index (Phi) is 3.54. The van der Waals surface area contributed by atoms with Crippen molar-refractivity contribution in [3.63, 3.8) is 0 Å². The Labute approximate surface area is 82.3 Å². The van der Waals surface area contributed by atoms with Crippen LogP contribution < -0.4 is 16.2 Å².